The van der Waals surface area contributed by atoms with Crippen LogP contribution in [0.1, 0.15) is 38.1 Å². The van der Waals surface area contributed by atoms with E-state index in [0.717, 1.165) is 26.2 Å². The van der Waals surface area contributed by atoms with E-state index in [-0.39, 0.29) is 17.7 Å². The van der Waals surface area contributed by atoms with Gasteiger partial charge in [-0.3, -0.25) is 14.5 Å². The predicted molar refractivity (Wildman–Crippen MR) is 92.5 cm³/mol. The van der Waals surface area contributed by atoms with Crippen molar-refractivity contribution in [3.8, 4) is 0 Å². The Morgan fingerprint density at radius 1 is 1.00 bits per heavy atom. The van der Waals surface area contributed by atoms with Gasteiger partial charge in [0.25, 0.3) is 5.91 Å². The Kier molecular flexibility index (Phi) is 5.77. The van der Waals surface area contributed by atoms with Gasteiger partial charge in [0.1, 0.15) is 0 Å². The fraction of sp³-hybridized carbons (Fsp3) is 0.556. The predicted octanol–water partition coefficient (Wildman–Crippen LogP) is 2.45. The van der Waals surface area contributed by atoms with Crippen LogP contribution in [0.5, 0.6) is 0 Å². The van der Waals surface area contributed by atoms with Gasteiger partial charge in [-0.2, -0.15) is 0 Å². The van der Waals surface area contributed by atoms with Crippen molar-refractivity contribution in [1.29, 1.82) is 0 Å². The second-order valence-electron chi connectivity index (χ2n) is 6.61. The zero-order valence-electron chi connectivity index (χ0n) is 14.5. The SMILES string of the molecule is CC(C)C(=O)Nc1ccccc1C(=O)N1CCN(C(C)C)CC1. The molecule has 1 N–H and O–H groups in total. The van der Waals surface area contributed by atoms with Gasteiger partial charge in [-0.25, -0.2) is 0 Å². The molecule has 0 aliphatic carbocycles. The molecular weight excluding hydrogens is 290 g/mol. The maximum Gasteiger partial charge on any atom is 0.256 e. The number of benzene rings is 1. The summed E-state index contributed by atoms with van der Waals surface area (Å²) in [7, 11) is 0. The van der Waals surface area contributed by atoms with Crippen LogP contribution in [0.2, 0.25) is 0 Å². The molecule has 0 bridgehead atoms. The lowest BCUT2D eigenvalue weighted by atomic mass is 10.1. The highest BCUT2D eigenvalue weighted by molar-refractivity contribution is 6.04. The van der Waals surface area contributed by atoms with Crippen LogP contribution in [-0.4, -0.2) is 53.8 Å². The van der Waals surface area contributed by atoms with E-state index in [9.17, 15) is 9.59 Å². The average Bonchev–Trinajstić information content (AvgIpc) is 2.54. The third-order valence-corrected chi connectivity index (χ3v) is 4.27. The Bertz CT molecular complexity index is 561. The molecule has 0 radical (unpaired) electrons. The number of carbonyl (C=O) groups is 2. The number of hydrogen-bond acceptors (Lipinski definition) is 3. The van der Waals surface area contributed by atoms with Gasteiger partial charge in [-0.15, -0.1) is 0 Å². The lowest BCUT2D eigenvalue weighted by Crippen LogP contribution is -2.50. The number of amides is 2. The third-order valence-electron chi connectivity index (χ3n) is 4.27. The summed E-state index contributed by atoms with van der Waals surface area (Å²) < 4.78 is 0. The van der Waals surface area contributed by atoms with Gasteiger partial charge in [0.2, 0.25) is 5.91 Å². The fourth-order valence-electron chi connectivity index (χ4n) is 2.67. The Labute approximate surface area is 138 Å². The van der Waals surface area contributed by atoms with Crippen molar-refractivity contribution in [3.05, 3.63) is 29.8 Å². The van der Waals surface area contributed by atoms with Crippen molar-refractivity contribution in [3.63, 3.8) is 0 Å². The second-order valence-corrected chi connectivity index (χ2v) is 6.61. The summed E-state index contributed by atoms with van der Waals surface area (Å²) in [6.45, 7) is 11.3. The van der Waals surface area contributed by atoms with Gasteiger partial charge < -0.3 is 10.2 Å². The quantitative estimate of drug-likeness (QED) is 0.928. The number of nitrogens with zero attached hydrogens (tertiary/aromatic N) is 2. The van der Waals surface area contributed by atoms with E-state index >= 15 is 0 Å². The van der Waals surface area contributed by atoms with Crippen LogP contribution in [0.25, 0.3) is 0 Å². The first kappa shape index (κ1) is 17.5. The molecule has 2 amide bonds. The number of rotatable bonds is 4. The average molecular weight is 317 g/mol. The number of carbonyl (C=O) groups excluding carboxylic acids is 2. The maximum atomic E-state index is 12.8. The number of piperazine rings is 1. The number of hydrogen-bond donors (Lipinski definition) is 1. The van der Waals surface area contributed by atoms with Crippen LogP contribution in [0.4, 0.5) is 5.69 Å². The molecule has 1 aliphatic heterocycles. The fourth-order valence-corrected chi connectivity index (χ4v) is 2.67. The number of anilines is 1. The summed E-state index contributed by atoms with van der Waals surface area (Å²) in [6.07, 6.45) is 0. The summed E-state index contributed by atoms with van der Waals surface area (Å²) in [4.78, 5) is 29.0. The molecule has 1 saturated heterocycles. The van der Waals surface area contributed by atoms with E-state index < -0.39 is 0 Å². The summed E-state index contributed by atoms with van der Waals surface area (Å²) in [5.41, 5.74) is 1.17. The lowest BCUT2D eigenvalue weighted by Gasteiger charge is -2.37. The Hall–Kier alpha value is -1.88. The molecule has 126 valence electrons. The topological polar surface area (TPSA) is 52.7 Å². The van der Waals surface area contributed by atoms with Crippen LogP contribution in [0.15, 0.2) is 24.3 Å². The van der Waals surface area contributed by atoms with Crippen LogP contribution in [0.3, 0.4) is 0 Å². The van der Waals surface area contributed by atoms with Crippen LogP contribution >= 0.6 is 0 Å². The van der Waals surface area contributed by atoms with Gasteiger partial charge in [0, 0.05) is 38.1 Å². The van der Waals surface area contributed by atoms with Crippen LogP contribution in [0, 0.1) is 5.92 Å². The lowest BCUT2D eigenvalue weighted by molar-refractivity contribution is -0.118. The first-order valence-electron chi connectivity index (χ1n) is 8.33. The van der Waals surface area contributed by atoms with E-state index in [1.807, 2.05) is 30.9 Å². The summed E-state index contributed by atoms with van der Waals surface area (Å²) in [5.74, 6) is -0.198. The van der Waals surface area contributed by atoms with Crippen molar-refractivity contribution in [2.45, 2.75) is 33.7 Å². The van der Waals surface area contributed by atoms with Gasteiger partial charge in [-0.1, -0.05) is 26.0 Å². The van der Waals surface area contributed by atoms with Crippen molar-refractivity contribution >= 4 is 17.5 Å². The Morgan fingerprint density at radius 2 is 1.61 bits per heavy atom. The van der Waals surface area contributed by atoms with Crippen molar-refractivity contribution in [1.82, 2.24) is 9.80 Å². The van der Waals surface area contributed by atoms with Gasteiger partial charge in [0.15, 0.2) is 0 Å². The molecule has 0 unspecified atom stereocenters. The largest absolute Gasteiger partial charge is 0.336 e. The number of para-hydroxylation sites is 1. The molecule has 5 nitrogen and oxygen atoms in total. The van der Waals surface area contributed by atoms with Crippen molar-refractivity contribution in [2.24, 2.45) is 5.92 Å². The normalized spacial score (nSPS) is 16.0. The minimum atomic E-state index is -0.118. The molecule has 1 aromatic rings. The highest BCUT2D eigenvalue weighted by Crippen LogP contribution is 2.19. The minimum absolute atomic E-state index is 0.00642. The third kappa shape index (κ3) is 4.32. The van der Waals surface area contributed by atoms with E-state index in [2.05, 4.69) is 24.1 Å². The van der Waals surface area contributed by atoms with E-state index in [4.69, 9.17) is 0 Å². The minimum Gasteiger partial charge on any atom is -0.336 e. The highest BCUT2D eigenvalue weighted by atomic mass is 16.2. The van der Waals surface area contributed by atoms with E-state index in [1.165, 1.54) is 0 Å². The Morgan fingerprint density at radius 3 is 2.17 bits per heavy atom. The molecule has 1 fully saturated rings. The number of nitrogens with one attached hydrogen (secondary N) is 1. The summed E-state index contributed by atoms with van der Waals surface area (Å²) in [5, 5.41) is 2.86. The van der Waals surface area contributed by atoms with Crippen molar-refractivity contribution in [2.75, 3.05) is 31.5 Å². The molecule has 23 heavy (non-hydrogen) atoms. The molecule has 1 heterocycles. The van der Waals surface area contributed by atoms with E-state index in [0.29, 0.717) is 17.3 Å². The first-order chi connectivity index (χ1) is 10.9. The monoisotopic (exact) mass is 317 g/mol. The van der Waals surface area contributed by atoms with E-state index in [1.54, 1.807) is 12.1 Å². The maximum absolute atomic E-state index is 12.8. The second kappa shape index (κ2) is 7.59. The molecule has 0 aromatic heterocycles. The van der Waals surface area contributed by atoms with Gasteiger partial charge in [0.05, 0.1) is 11.3 Å². The molecule has 0 saturated carbocycles. The molecular formula is C18H27N3O2. The first-order valence-corrected chi connectivity index (χ1v) is 8.33. The molecule has 0 atom stereocenters. The van der Waals surface area contributed by atoms with Gasteiger partial charge in [-0.05, 0) is 26.0 Å². The molecule has 5 heteroatoms. The van der Waals surface area contributed by atoms with Crippen LogP contribution < -0.4 is 5.32 Å². The molecule has 1 aliphatic rings. The molecule has 0 spiro atoms. The zero-order valence-corrected chi connectivity index (χ0v) is 14.5. The zero-order chi connectivity index (χ0) is 17.0. The standard InChI is InChI=1S/C18H27N3O2/c1-13(2)17(22)19-16-8-6-5-7-15(16)18(23)21-11-9-20(10-12-21)14(3)4/h5-8,13-14H,9-12H2,1-4H3,(H,19,22). The van der Waals surface area contributed by atoms with Crippen LogP contribution in [-0.2, 0) is 4.79 Å². The van der Waals surface area contributed by atoms with Crippen molar-refractivity contribution < 1.29 is 9.59 Å². The molecule has 2 rings (SSSR count). The highest BCUT2D eigenvalue weighted by Gasteiger charge is 2.25. The Balaban J connectivity index is 2.10. The molecule has 1 aromatic carbocycles. The smallest absolute Gasteiger partial charge is 0.256 e. The summed E-state index contributed by atoms with van der Waals surface area (Å²) >= 11 is 0. The van der Waals surface area contributed by atoms with Gasteiger partial charge >= 0.3 is 0 Å². The summed E-state index contributed by atoms with van der Waals surface area (Å²) in [6, 6.07) is 7.75.